The van der Waals surface area contributed by atoms with Gasteiger partial charge in [0.1, 0.15) is 11.9 Å². The molecule has 1 fully saturated rings. The van der Waals surface area contributed by atoms with Crippen molar-refractivity contribution in [2.24, 2.45) is 0 Å². The van der Waals surface area contributed by atoms with Crippen LogP contribution in [0.15, 0.2) is 48.8 Å². The molecule has 1 aromatic heterocycles. The predicted octanol–water partition coefficient (Wildman–Crippen LogP) is 4.36. The largest absolute Gasteiger partial charge is 0.382 e. The van der Waals surface area contributed by atoms with Crippen LogP contribution in [0.4, 0.5) is 10.1 Å². The molecule has 1 aliphatic heterocycles. The molecule has 1 unspecified atom stereocenters. The van der Waals surface area contributed by atoms with E-state index in [9.17, 15) is 14.2 Å². The molecule has 0 spiro atoms. The van der Waals surface area contributed by atoms with Crippen LogP contribution in [0.1, 0.15) is 18.4 Å². The second-order valence-electron chi connectivity index (χ2n) is 8.62. The van der Waals surface area contributed by atoms with Gasteiger partial charge in [0, 0.05) is 49.1 Å². The van der Waals surface area contributed by atoms with Crippen molar-refractivity contribution in [1.82, 2.24) is 14.2 Å². The van der Waals surface area contributed by atoms with Gasteiger partial charge in [0.15, 0.2) is 5.75 Å². The molecule has 2 N–H and O–H groups in total. The zero-order valence-corrected chi connectivity index (χ0v) is 19.8. The van der Waals surface area contributed by atoms with Crippen molar-refractivity contribution in [3.05, 3.63) is 60.2 Å². The van der Waals surface area contributed by atoms with Crippen molar-refractivity contribution in [1.29, 1.82) is 5.26 Å². The smallest absolute Gasteiger partial charge is 0.238 e. The Labute approximate surface area is 197 Å². The van der Waals surface area contributed by atoms with E-state index in [-0.39, 0.29) is 11.6 Å². The Morgan fingerprint density at radius 1 is 1.21 bits per heavy atom. The number of fused-ring (bicyclic) bond motifs is 1. The molecule has 0 aliphatic carbocycles. The standard InChI is InChI=1S/C25H29FN5OS/c1-30(2)11-12-33(32)31-9-6-22(7-10-31)29-25-15-20(14-19-5-8-28-17-23(19)25)18-3-4-24(26)21(13-18)16-27/h3-5,8,13-15,17,22,29,32H,6-7,9-12H2,1-2H3/q+1. The molecule has 1 atom stereocenters. The van der Waals surface area contributed by atoms with Gasteiger partial charge in [-0.3, -0.25) is 4.98 Å². The highest BCUT2D eigenvalue weighted by molar-refractivity contribution is 7.89. The van der Waals surface area contributed by atoms with Gasteiger partial charge < -0.3 is 10.2 Å². The fraction of sp³-hybridized carbons (Fsp3) is 0.360. The lowest BCUT2D eigenvalue weighted by molar-refractivity contribution is 0.330. The van der Waals surface area contributed by atoms with Crippen LogP contribution < -0.4 is 5.32 Å². The number of pyridine rings is 1. The van der Waals surface area contributed by atoms with E-state index in [2.05, 4.69) is 25.6 Å². The molecule has 1 saturated heterocycles. The molecule has 4 rings (SSSR count). The first-order valence-electron chi connectivity index (χ1n) is 11.1. The van der Waals surface area contributed by atoms with Crippen LogP contribution in [0.25, 0.3) is 21.9 Å². The molecule has 0 saturated carbocycles. The number of rotatable bonds is 7. The number of halogens is 1. The van der Waals surface area contributed by atoms with E-state index >= 15 is 0 Å². The SMILES string of the molecule is CN(C)CC[S+](O)N1CCC(Nc2cc(-c3ccc(F)c(C#N)c3)cc3ccncc23)CC1. The summed E-state index contributed by atoms with van der Waals surface area (Å²) in [5, 5.41) is 15.0. The van der Waals surface area contributed by atoms with Gasteiger partial charge in [-0.05, 0) is 73.8 Å². The Balaban J connectivity index is 1.53. The molecule has 0 bridgehead atoms. The monoisotopic (exact) mass is 466 g/mol. The van der Waals surface area contributed by atoms with E-state index in [0.29, 0.717) is 0 Å². The van der Waals surface area contributed by atoms with Crippen molar-refractivity contribution in [3.8, 4) is 17.2 Å². The minimum Gasteiger partial charge on any atom is -0.382 e. The molecule has 0 radical (unpaired) electrons. The van der Waals surface area contributed by atoms with Gasteiger partial charge >= 0.3 is 0 Å². The van der Waals surface area contributed by atoms with Crippen LogP contribution in [0.5, 0.6) is 0 Å². The number of nitrogens with zero attached hydrogens (tertiary/aromatic N) is 4. The first-order chi connectivity index (χ1) is 15.9. The molecule has 3 aromatic rings. The molecule has 8 heteroatoms. The zero-order valence-electron chi connectivity index (χ0n) is 19.0. The van der Waals surface area contributed by atoms with E-state index in [1.54, 1.807) is 18.3 Å². The predicted molar refractivity (Wildman–Crippen MR) is 133 cm³/mol. The molecular formula is C25H29FN5OS+. The molecule has 0 amide bonds. The lowest BCUT2D eigenvalue weighted by Crippen LogP contribution is -2.44. The van der Waals surface area contributed by atoms with Crippen molar-refractivity contribution < 1.29 is 8.94 Å². The summed E-state index contributed by atoms with van der Waals surface area (Å²) in [5.41, 5.74) is 2.74. The number of anilines is 1. The van der Waals surface area contributed by atoms with Crippen LogP contribution in [0.3, 0.4) is 0 Å². The highest BCUT2D eigenvalue weighted by Crippen LogP contribution is 2.33. The van der Waals surface area contributed by atoms with Gasteiger partial charge in [-0.25, -0.2) is 4.39 Å². The number of nitrogens with one attached hydrogen (secondary N) is 1. The number of hydrogen-bond acceptors (Lipinski definition) is 6. The highest BCUT2D eigenvalue weighted by Gasteiger charge is 2.32. The summed E-state index contributed by atoms with van der Waals surface area (Å²) >= 11 is -0.698. The summed E-state index contributed by atoms with van der Waals surface area (Å²) in [6.45, 7) is 2.58. The Hall–Kier alpha value is -2.70. The summed E-state index contributed by atoms with van der Waals surface area (Å²) in [6, 6.07) is 12.9. The lowest BCUT2D eigenvalue weighted by Gasteiger charge is -2.29. The van der Waals surface area contributed by atoms with Crippen molar-refractivity contribution >= 4 is 27.8 Å². The fourth-order valence-electron chi connectivity index (χ4n) is 4.10. The minimum absolute atomic E-state index is 0.0397. The van der Waals surface area contributed by atoms with Gasteiger partial charge in [-0.2, -0.15) is 9.81 Å². The molecule has 1 aliphatic rings. The van der Waals surface area contributed by atoms with Gasteiger partial charge in [0.25, 0.3) is 0 Å². The number of benzene rings is 2. The van der Waals surface area contributed by atoms with Gasteiger partial charge in [0.05, 0.1) is 5.56 Å². The Morgan fingerprint density at radius 2 is 2.00 bits per heavy atom. The molecule has 2 aromatic carbocycles. The van der Waals surface area contributed by atoms with Gasteiger partial charge in [-0.15, -0.1) is 0 Å². The van der Waals surface area contributed by atoms with Crippen LogP contribution in [0, 0.1) is 17.1 Å². The maximum Gasteiger partial charge on any atom is 0.238 e. The summed E-state index contributed by atoms with van der Waals surface area (Å²) in [7, 11) is 4.04. The Kier molecular flexibility index (Phi) is 7.46. The number of nitriles is 1. The van der Waals surface area contributed by atoms with Gasteiger partial charge in [0.2, 0.25) is 11.4 Å². The van der Waals surface area contributed by atoms with Crippen LogP contribution in [-0.2, 0) is 11.4 Å². The zero-order chi connectivity index (χ0) is 23.4. The van der Waals surface area contributed by atoms with Crippen molar-refractivity contribution in [2.45, 2.75) is 18.9 Å². The van der Waals surface area contributed by atoms with Crippen molar-refractivity contribution in [3.63, 3.8) is 0 Å². The van der Waals surface area contributed by atoms with Crippen LogP contribution >= 0.6 is 0 Å². The second kappa shape index (κ2) is 10.5. The number of aromatic nitrogens is 1. The second-order valence-corrected chi connectivity index (χ2v) is 10.2. The van der Waals surface area contributed by atoms with Crippen LogP contribution in [0.2, 0.25) is 0 Å². The topological polar surface area (TPSA) is 75.4 Å². The quantitative estimate of drug-likeness (QED) is 0.504. The third-order valence-electron chi connectivity index (χ3n) is 6.01. The fourth-order valence-corrected chi connectivity index (χ4v) is 5.52. The average Bonchev–Trinajstić information content (AvgIpc) is 2.83. The molecule has 6 nitrogen and oxygen atoms in total. The maximum absolute atomic E-state index is 13.8. The minimum atomic E-state index is -0.698. The first kappa shape index (κ1) is 23.5. The first-order valence-corrected chi connectivity index (χ1v) is 12.4. The molecular weight excluding hydrogens is 437 g/mol. The summed E-state index contributed by atoms with van der Waals surface area (Å²) in [5.74, 6) is 0.260. The third kappa shape index (κ3) is 5.63. The summed E-state index contributed by atoms with van der Waals surface area (Å²) in [6.07, 6.45) is 5.49. The normalized spacial score (nSPS) is 16.1. The van der Waals surface area contributed by atoms with Crippen LogP contribution in [-0.4, -0.2) is 64.3 Å². The number of piperidine rings is 1. The van der Waals surface area contributed by atoms with Crippen molar-refractivity contribution in [2.75, 3.05) is 44.8 Å². The van der Waals surface area contributed by atoms with E-state index in [0.717, 1.165) is 65.8 Å². The lowest BCUT2D eigenvalue weighted by atomic mass is 9.98. The highest BCUT2D eigenvalue weighted by atomic mass is 32.2. The van der Waals surface area contributed by atoms with E-state index in [1.165, 1.54) is 6.07 Å². The van der Waals surface area contributed by atoms with E-state index in [1.807, 2.05) is 38.5 Å². The molecule has 2 heterocycles. The molecule has 172 valence electrons. The number of hydrogen-bond donors (Lipinski definition) is 2. The van der Waals surface area contributed by atoms with E-state index in [4.69, 9.17) is 0 Å². The summed E-state index contributed by atoms with van der Waals surface area (Å²) in [4.78, 5) is 6.40. The maximum atomic E-state index is 13.8. The Bertz CT molecular complexity index is 1160. The average molecular weight is 467 g/mol. The van der Waals surface area contributed by atoms with E-state index < -0.39 is 17.2 Å². The summed E-state index contributed by atoms with van der Waals surface area (Å²) < 4.78 is 26.5. The van der Waals surface area contributed by atoms with Gasteiger partial charge in [-0.1, -0.05) is 10.4 Å². The Morgan fingerprint density at radius 3 is 2.73 bits per heavy atom. The third-order valence-corrected chi connectivity index (χ3v) is 7.52. The molecule has 33 heavy (non-hydrogen) atoms.